The molecule has 2 atom stereocenters. The summed E-state index contributed by atoms with van der Waals surface area (Å²) >= 11 is 1.60. The molecule has 8 heteroatoms. The number of thioether (sulfide) groups is 1. The largest absolute Gasteiger partial charge is 0.480 e. The van der Waals surface area contributed by atoms with E-state index < -0.39 is 23.8 Å². The summed E-state index contributed by atoms with van der Waals surface area (Å²) in [6.07, 6.45) is 0.943. The summed E-state index contributed by atoms with van der Waals surface area (Å²) in [5.41, 5.74) is 0.614. The van der Waals surface area contributed by atoms with Gasteiger partial charge in [0.1, 0.15) is 6.04 Å². The molecule has 2 rings (SSSR count). The zero-order valence-electron chi connectivity index (χ0n) is 15.7. The normalized spacial score (nSPS) is 15.4. The molecule has 1 aromatic carbocycles. The molecule has 1 aliphatic rings. The third kappa shape index (κ3) is 4.50. The summed E-state index contributed by atoms with van der Waals surface area (Å²) in [5.74, 6) is -0.975. The summed E-state index contributed by atoms with van der Waals surface area (Å²) in [4.78, 5) is 50.0. The molecule has 1 aromatic rings. The lowest BCUT2D eigenvalue weighted by molar-refractivity contribution is -0.139. The first-order valence-corrected chi connectivity index (χ1v) is 10.1. The van der Waals surface area contributed by atoms with Crippen LogP contribution in [0.3, 0.4) is 0 Å². The van der Waals surface area contributed by atoms with Gasteiger partial charge in [-0.15, -0.1) is 0 Å². The van der Waals surface area contributed by atoms with Crippen LogP contribution < -0.4 is 5.32 Å². The molecule has 146 valence electrons. The number of fused-ring (bicyclic) bond motifs is 1. The van der Waals surface area contributed by atoms with E-state index >= 15 is 0 Å². The van der Waals surface area contributed by atoms with Crippen LogP contribution in [0.25, 0.3) is 0 Å². The second-order valence-corrected chi connectivity index (χ2v) is 7.74. The smallest absolute Gasteiger partial charge is 0.326 e. The van der Waals surface area contributed by atoms with Gasteiger partial charge in [-0.2, -0.15) is 11.8 Å². The fraction of sp³-hybridized carbons (Fsp3) is 0.474. The van der Waals surface area contributed by atoms with Crippen LogP contribution in [-0.2, 0) is 4.79 Å². The summed E-state index contributed by atoms with van der Waals surface area (Å²) in [7, 11) is 0. The van der Waals surface area contributed by atoms with Crippen LogP contribution in [-0.4, -0.2) is 57.3 Å². The van der Waals surface area contributed by atoms with Gasteiger partial charge in [0, 0.05) is 11.6 Å². The highest BCUT2D eigenvalue weighted by atomic mass is 32.2. The highest BCUT2D eigenvalue weighted by molar-refractivity contribution is 7.99. The first-order valence-electron chi connectivity index (χ1n) is 8.95. The number of hydrogen-bond donors (Lipinski definition) is 2. The SMILES string of the molecule is CCSCCC(NC(=O)c1ccc2c(c1)C(=O)N(C(C)CC)C2=O)C(=O)O. The van der Waals surface area contributed by atoms with E-state index in [-0.39, 0.29) is 28.6 Å². The van der Waals surface area contributed by atoms with Gasteiger partial charge in [-0.05, 0) is 49.5 Å². The second kappa shape index (κ2) is 9.03. The minimum atomic E-state index is -1.10. The lowest BCUT2D eigenvalue weighted by Gasteiger charge is -2.20. The van der Waals surface area contributed by atoms with Gasteiger partial charge in [0.15, 0.2) is 0 Å². The number of hydrogen-bond acceptors (Lipinski definition) is 5. The zero-order valence-corrected chi connectivity index (χ0v) is 16.5. The molecule has 0 aromatic heterocycles. The Morgan fingerprint density at radius 2 is 1.85 bits per heavy atom. The first-order chi connectivity index (χ1) is 12.8. The Balaban J connectivity index is 2.18. The molecule has 0 bridgehead atoms. The van der Waals surface area contributed by atoms with Crippen LogP contribution in [0.4, 0.5) is 0 Å². The Morgan fingerprint density at radius 3 is 2.44 bits per heavy atom. The molecule has 1 heterocycles. The van der Waals surface area contributed by atoms with Crippen LogP contribution in [0.1, 0.15) is 64.7 Å². The molecule has 0 radical (unpaired) electrons. The molecule has 0 saturated heterocycles. The van der Waals surface area contributed by atoms with Gasteiger partial charge in [0.05, 0.1) is 11.1 Å². The van der Waals surface area contributed by atoms with E-state index in [1.54, 1.807) is 18.7 Å². The predicted molar refractivity (Wildman–Crippen MR) is 103 cm³/mol. The highest BCUT2D eigenvalue weighted by Gasteiger charge is 2.38. The van der Waals surface area contributed by atoms with E-state index in [0.29, 0.717) is 18.6 Å². The third-order valence-corrected chi connectivity index (χ3v) is 5.50. The number of imide groups is 1. The maximum atomic E-state index is 12.6. The molecular formula is C19H24N2O5S. The van der Waals surface area contributed by atoms with Crippen molar-refractivity contribution in [3.05, 3.63) is 34.9 Å². The van der Waals surface area contributed by atoms with Crippen molar-refractivity contribution in [3.8, 4) is 0 Å². The molecule has 1 aliphatic heterocycles. The lowest BCUT2D eigenvalue weighted by atomic mass is 10.0. The molecule has 0 fully saturated rings. The number of rotatable bonds is 9. The quantitative estimate of drug-likeness (QED) is 0.494. The van der Waals surface area contributed by atoms with Crippen LogP contribution >= 0.6 is 11.8 Å². The Kier molecular flexibility index (Phi) is 7.01. The molecule has 27 heavy (non-hydrogen) atoms. The first kappa shape index (κ1) is 21.0. The average Bonchev–Trinajstić information content (AvgIpc) is 2.90. The molecule has 0 aliphatic carbocycles. The van der Waals surface area contributed by atoms with Gasteiger partial charge in [0.2, 0.25) is 0 Å². The number of nitrogens with one attached hydrogen (secondary N) is 1. The number of nitrogens with zero attached hydrogens (tertiary/aromatic N) is 1. The maximum Gasteiger partial charge on any atom is 0.326 e. The van der Waals surface area contributed by atoms with Crippen molar-refractivity contribution in [2.45, 2.75) is 45.7 Å². The van der Waals surface area contributed by atoms with Crippen molar-refractivity contribution in [2.75, 3.05) is 11.5 Å². The van der Waals surface area contributed by atoms with Crippen molar-refractivity contribution in [1.29, 1.82) is 0 Å². The Hall–Kier alpha value is -2.35. The van der Waals surface area contributed by atoms with Crippen LogP contribution in [0.5, 0.6) is 0 Å². The van der Waals surface area contributed by atoms with E-state index in [2.05, 4.69) is 5.32 Å². The van der Waals surface area contributed by atoms with Crippen molar-refractivity contribution in [2.24, 2.45) is 0 Å². The van der Waals surface area contributed by atoms with Gasteiger partial charge in [-0.1, -0.05) is 13.8 Å². The van der Waals surface area contributed by atoms with Crippen LogP contribution in [0.15, 0.2) is 18.2 Å². The number of carboxylic acids is 1. The molecular weight excluding hydrogens is 368 g/mol. The Bertz CT molecular complexity index is 764. The van der Waals surface area contributed by atoms with E-state index in [9.17, 15) is 24.3 Å². The van der Waals surface area contributed by atoms with E-state index in [0.717, 1.165) is 5.75 Å². The summed E-state index contributed by atoms with van der Waals surface area (Å²) in [6, 6.07) is 3.03. The molecule has 0 spiro atoms. The monoisotopic (exact) mass is 392 g/mol. The number of carboxylic acid groups (broad SMARTS) is 1. The number of aliphatic carboxylic acids is 1. The minimum absolute atomic E-state index is 0.162. The average molecular weight is 392 g/mol. The highest BCUT2D eigenvalue weighted by Crippen LogP contribution is 2.26. The fourth-order valence-corrected chi connectivity index (χ4v) is 3.52. The van der Waals surface area contributed by atoms with Crippen LogP contribution in [0, 0.1) is 0 Å². The number of carbonyl (C=O) groups excluding carboxylic acids is 3. The molecule has 7 nitrogen and oxygen atoms in total. The lowest BCUT2D eigenvalue weighted by Crippen LogP contribution is -2.41. The zero-order chi connectivity index (χ0) is 20.1. The summed E-state index contributed by atoms with van der Waals surface area (Å²) in [6.45, 7) is 5.65. The van der Waals surface area contributed by atoms with Crippen molar-refractivity contribution in [3.63, 3.8) is 0 Å². The van der Waals surface area contributed by atoms with Gasteiger partial charge in [0.25, 0.3) is 17.7 Å². The minimum Gasteiger partial charge on any atom is -0.480 e. The van der Waals surface area contributed by atoms with E-state index in [1.807, 2.05) is 13.8 Å². The van der Waals surface area contributed by atoms with Gasteiger partial charge in [-0.25, -0.2) is 4.79 Å². The van der Waals surface area contributed by atoms with Gasteiger partial charge < -0.3 is 10.4 Å². The molecule has 2 unspecified atom stereocenters. The molecule has 2 N–H and O–H groups in total. The van der Waals surface area contributed by atoms with Gasteiger partial charge >= 0.3 is 5.97 Å². The summed E-state index contributed by atoms with van der Waals surface area (Å²) < 4.78 is 0. The maximum absolute atomic E-state index is 12.6. The molecule has 3 amide bonds. The second-order valence-electron chi connectivity index (χ2n) is 6.35. The standard InChI is InChI=1S/C19H24N2O5S/c1-4-11(3)21-17(23)13-7-6-12(10-14(13)18(21)24)16(22)20-15(19(25)26)8-9-27-5-2/h6-7,10-11,15H,4-5,8-9H2,1-3H3,(H,20,22)(H,25,26). The van der Waals surface area contributed by atoms with Crippen molar-refractivity contribution in [1.82, 2.24) is 10.2 Å². The van der Waals surface area contributed by atoms with Crippen molar-refractivity contribution >= 4 is 35.5 Å². The number of amides is 3. The van der Waals surface area contributed by atoms with Crippen LogP contribution in [0.2, 0.25) is 0 Å². The molecule has 0 saturated carbocycles. The number of benzene rings is 1. The predicted octanol–water partition coefficient (Wildman–Crippen LogP) is 2.41. The van der Waals surface area contributed by atoms with E-state index in [1.165, 1.54) is 23.1 Å². The topological polar surface area (TPSA) is 104 Å². The van der Waals surface area contributed by atoms with Gasteiger partial charge in [-0.3, -0.25) is 19.3 Å². The Labute approximate surface area is 162 Å². The fourth-order valence-electron chi connectivity index (χ4n) is 2.83. The van der Waals surface area contributed by atoms with E-state index in [4.69, 9.17) is 0 Å². The Morgan fingerprint density at radius 1 is 1.19 bits per heavy atom. The van der Waals surface area contributed by atoms with Crippen molar-refractivity contribution < 1.29 is 24.3 Å². The number of carbonyl (C=O) groups is 4. The third-order valence-electron chi connectivity index (χ3n) is 4.57. The summed E-state index contributed by atoms with van der Waals surface area (Å²) in [5, 5.41) is 11.8.